The summed E-state index contributed by atoms with van der Waals surface area (Å²) in [5.74, 6) is 1.12. The van der Waals surface area contributed by atoms with E-state index in [9.17, 15) is 4.79 Å². The Hall–Kier alpha value is -3.55. The van der Waals surface area contributed by atoms with Gasteiger partial charge in [0.1, 0.15) is 0 Å². The molecule has 1 fully saturated rings. The Morgan fingerprint density at radius 3 is 2.56 bits per heavy atom. The summed E-state index contributed by atoms with van der Waals surface area (Å²) in [7, 11) is 0. The van der Waals surface area contributed by atoms with Gasteiger partial charge in [0.15, 0.2) is 0 Å². The molecule has 0 aliphatic heterocycles. The molecule has 39 heavy (non-hydrogen) atoms. The van der Waals surface area contributed by atoms with Crippen LogP contribution in [0.1, 0.15) is 95.4 Å². The van der Waals surface area contributed by atoms with E-state index in [1.165, 1.54) is 38.5 Å². The number of rotatable bonds is 10. The molecule has 5 rings (SSSR count). The van der Waals surface area contributed by atoms with Gasteiger partial charge in [-0.1, -0.05) is 76.6 Å². The van der Waals surface area contributed by atoms with E-state index in [0.29, 0.717) is 18.3 Å². The van der Waals surface area contributed by atoms with Crippen LogP contribution >= 0.6 is 0 Å². The molecule has 206 valence electrons. The second kappa shape index (κ2) is 13.0. The number of tetrazole rings is 1. The van der Waals surface area contributed by atoms with Crippen LogP contribution in [0.5, 0.6) is 0 Å². The molecule has 3 heterocycles. The summed E-state index contributed by atoms with van der Waals surface area (Å²) in [5, 5.41) is 14.8. The minimum atomic E-state index is 0.119. The highest BCUT2D eigenvalue weighted by molar-refractivity contribution is 5.81. The lowest BCUT2D eigenvalue weighted by Gasteiger charge is -2.29. The number of nitrogens with zero attached hydrogens (tertiary/aromatic N) is 6. The molecule has 2 unspecified atom stereocenters. The maximum Gasteiger partial charge on any atom is 0.328 e. The molecular formula is C31H41N7O. The molecular weight excluding hydrogens is 486 g/mol. The molecule has 1 aromatic carbocycles. The van der Waals surface area contributed by atoms with E-state index in [1.807, 2.05) is 41.2 Å². The fourth-order valence-electron chi connectivity index (χ4n) is 6.30. The predicted octanol–water partition coefficient (Wildman–Crippen LogP) is 6.59. The molecule has 1 aliphatic rings. The lowest BCUT2D eigenvalue weighted by molar-refractivity contribution is 0.241. The van der Waals surface area contributed by atoms with Crippen molar-refractivity contribution >= 4 is 0 Å². The molecule has 0 radical (unpaired) electrons. The van der Waals surface area contributed by atoms with E-state index >= 15 is 0 Å². The number of aromatic amines is 1. The van der Waals surface area contributed by atoms with E-state index in [4.69, 9.17) is 0 Å². The predicted molar refractivity (Wildman–Crippen MR) is 154 cm³/mol. The maximum atomic E-state index is 14.2. The maximum absolute atomic E-state index is 14.2. The minimum absolute atomic E-state index is 0.119. The molecule has 1 aliphatic carbocycles. The monoisotopic (exact) mass is 527 g/mol. The molecule has 1 saturated carbocycles. The molecule has 0 spiro atoms. The number of nitrogens with one attached hydrogen (secondary N) is 1. The Balaban J connectivity index is 1.56. The van der Waals surface area contributed by atoms with Gasteiger partial charge < -0.3 is 0 Å². The van der Waals surface area contributed by atoms with Gasteiger partial charge in [-0.2, -0.15) is 5.21 Å². The summed E-state index contributed by atoms with van der Waals surface area (Å²) in [6.45, 7) is 4.96. The van der Waals surface area contributed by atoms with Crippen LogP contribution in [0.3, 0.4) is 0 Å². The summed E-state index contributed by atoms with van der Waals surface area (Å²) < 4.78 is 4.12. The molecule has 1 N–H and O–H groups in total. The quantitative estimate of drug-likeness (QED) is 0.251. The number of imidazole rings is 1. The molecule has 0 amide bonds. The van der Waals surface area contributed by atoms with Crippen molar-refractivity contribution in [3.63, 3.8) is 0 Å². The standard InChI is InChI=1S/C31H41N7O/c1-3-5-14-25-22-38(29-17-9-7-6-8-13-23(29)12-4-2)31(39)37(25)21-24-20-32-19-18-26(24)27-15-10-11-16-28(27)30-33-35-36-34-30/h10-11,15-16,18-20,22-23,29H,3-9,12-14,17,21H2,1-2H3,(H,33,34,35,36). The number of aromatic nitrogens is 7. The van der Waals surface area contributed by atoms with Crippen LogP contribution in [-0.4, -0.2) is 34.7 Å². The molecule has 8 heteroatoms. The van der Waals surface area contributed by atoms with Crippen LogP contribution < -0.4 is 5.69 Å². The fourth-order valence-corrected chi connectivity index (χ4v) is 6.30. The molecule has 0 bridgehead atoms. The highest BCUT2D eigenvalue weighted by atomic mass is 16.1. The van der Waals surface area contributed by atoms with Crippen molar-refractivity contribution in [1.82, 2.24) is 34.7 Å². The summed E-state index contributed by atoms with van der Waals surface area (Å²) in [6, 6.07) is 10.4. The van der Waals surface area contributed by atoms with Crippen molar-refractivity contribution in [2.45, 2.75) is 97.1 Å². The van der Waals surface area contributed by atoms with Gasteiger partial charge in [0.2, 0.25) is 5.82 Å². The van der Waals surface area contributed by atoms with Crippen molar-refractivity contribution in [2.75, 3.05) is 0 Å². The molecule has 3 aromatic heterocycles. The Morgan fingerprint density at radius 1 is 0.974 bits per heavy atom. The largest absolute Gasteiger partial charge is 0.328 e. The third kappa shape index (κ3) is 6.05. The number of pyridine rings is 1. The number of hydrogen-bond donors (Lipinski definition) is 1. The summed E-state index contributed by atoms with van der Waals surface area (Å²) >= 11 is 0. The van der Waals surface area contributed by atoms with Crippen molar-refractivity contribution in [3.8, 4) is 22.5 Å². The first kappa shape index (κ1) is 27.0. The smallest absolute Gasteiger partial charge is 0.296 e. The minimum Gasteiger partial charge on any atom is -0.296 e. The Morgan fingerprint density at radius 2 is 1.79 bits per heavy atom. The average Bonchev–Trinajstić information content (AvgIpc) is 3.59. The number of unbranched alkanes of at least 4 members (excludes halogenated alkanes) is 1. The normalized spacial score (nSPS) is 18.1. The van der Waals surface area contributed by atoms with Gasteiger partial charge in [0.05, 0.1) is 6.54 Å². The molecule has 8 nitrogen and oxygen atoms in total. The van der Waals surface area contributed by atoms with Crippen molar-refractivity contribution in [2.24, 2.45) is 5.92 Å². The Bertz CT molecular complexity index is 1390. The molecule has 0 saturated heterocycles. The first-order valence-corrected chi connectivity index (χ1v) is 14.8. The van der Waals surface area contributed by atoms with Gasteiger partial charge in [-0.3, -0.25) is 14.1 Å². The SMILES string of the molecule is CCCCc1cn(C2CCCCCCC2CCC)c(=O)n1Cc1cnccc1-c1ccccc1-c1nn[nH]n1. The second-order valence-electron chi connectivity index (χ2n) is 10.9. The van der Waals surface area contributed by atoms with Crippen LogP contribution in [0.15, 0.2) is 53.7 Å². The summed E-state index contributed by atoms with van der Waals surface area (Å²) in [4.78, 5) is 18.6. The molecule has 4 aromatic rings. The fraction of sp³-hybridized carbons (Fsp3) is 0.516. The summed E-state index contributed by atoms with van der Waals surface area (Å²) in [5.41, 5.74) is 5.18. The first-order valence-electron chi connectivity index (χ1n) is 14.8. The zero-order valence-corrected chi connectivity index (χ0v) is 23.4. The van der Waals surface area contributed by atoms with Gasteiger partial charge in [0, 0.05) is 35.9 Å². The average molecular weight is 528 g/mol. The topological polar surface area (TPSA) is 94.3 Å². The second-order valence-corrected chi connectivity index (χ2v) is 10.9. The van der Waals surface area contributed by atoms with Gasteiger partial charge >= 0.3 is 5.69 Å². The van der Waals surface area contributed by atoms with E-state index in [2.05, 4.69) is 56.3 Å². The van der Waals surface area contributed by atoms with Crippen LogP contribution in [0, 0.1) is 5.92 Å². The third-order valence-electron chi connectivity index (χ3n) is 8.29. The van der Waals surface area contributed by atoms with E-state index in [-0.39, 0.29) is 11.7 Å². The van der Waals surface area contributed by atoms with Gasteiger partial charge in [-0.15, -0.1) is 10.2 Å². The zero-order valence-electron chi connectivity index (χ0n) is 23.4. The Labute approximate surface area is 230 Å². The van der Waals surface area contributed by atoms with Gasteiger partial charge in [-0.25, -0.2) is 4.79 Å². The number of benzene rings is 1. The lowest BCUT2D eigenvalue weighted by Crippen LogP contribution is -2.32. The first-order chi connectivity index (χ1) is 19.2. The van der Waals surface area contributed by atoms with Crippen molar-refractivity contribution in [1.29, 1.82) is 0 Å². The summed E-state index contributed by atoms with van der Waals surface area (Å²) in [6.07, 6.45) is 18.7. The molecule has 2 atom stereocenters. The van der Waals surface area contributed by atoms with Crippen LogP contribution in [0.25, 0.3) is 22.5 Å². The van der Waals surface area contributed by atoms with Crippen LogP contribution in [-0.2, 0) is 13.0 Å². The van der Waals surface area contributed by atoms with E-state index < -0.39 is 0 Å². The van der Waals surface area contributed by atoms with Gasteiger partial charge in [0.25, 0.3) is 0 Å². The van der Waals surface area contributed by atoms with Gasteiger partial charge in [-0.05, 0) is 66.0 Å². The van der Waals surface area contributed by atoms with Crippen molar-refractivity contribution < 1.29 is 0 Å². The van der Waals surface area contributed by atoms with E-state index in [0.717, 1.165) is 60.1 Å². The number of aryl methyl sites for hydroxylation is 1. The van der Waals surface area contributed by atoms with E-state index in [1.54, 1.807) is 0 Å². The zero-order chi connectivity index (χ0) is 27.0. The number of H-pyrrole nitrogens is 1. The third-order valence-corrected chi connectivity index (χ3v) is 8.29. The Kier molecular flexibility index (Phi) is 9.01. The number of hydrogen-bond acceptors (Lipinski definition) is 5. The highest BCUT2D eigenvalue weighted by Crippen LogP contribution is 2.35. The van der Waals surface area contributed by atoms with Crippen LogP contribution in [0.2, 0.25) is 0 Å². The lowest BCUT2D eigenvalue weighted by atomic mass is 9.84. The van der Waals surface area contributed by atoms with Crippen molar-refractivity contribution in [3.05, 3.63) is 70.7 Å². The highest BCUT2D eigenvalue weighted by Gasteiger charge is 2.27. The van der Waals surface area contributed by atoms with Crippen LogP contribution in [0.4, 0.5) is 0 Å².